The van der Waals surface area contributed by atoms with Crippen LogP contribution in [0.5, 0.6) is 23.0 Å². The third-order valence-corrected chi connectivity index (χ3v) is 5.46. The highest BCUT2D eigenvalue weighted by Gasteiger charge is 2.24. The van der Waals surface area contributed by atoms with Crippen molar-refractivity contribution >= 4 is 0 Å². The van der Waals surface area contributed by atoms with E-state index in [0.717, 1.165) is 43.4 Å². The molecule has 1 saturated heterocycles. The molecule has 0 bridgehead atoms. The van der Waals surface area contributed by atoms with Gasteiger partial charge in [0, 0.05) is 11.1 Å². The van der Waals surface area contributed by atoms with Crippen molar-refractivity contribution in [2.24, 2.45) is 0 Å². The predicted molar refractivity (Wildman–Crippen MR) is 108 cm³/mol. The van der Waals surface area contributed by atoms with Crippen LogP contribution in [0.2, 0.25) is 0 Å². The van der Waals surface area contributed by atoms with Gasteiger partial charge in [0.15, 0.2) is 11.5 Å². The summed E-state index contributed by atoms with van der Waals surface area (Å²) in [5.74, 6) is 3.01. The van der Waals surface area contributed by atoms with E-state index in [1.54, 1.807) is 38.2 Å². The fraction of sp³-hybridized carbons (Fsp3) is 0.455. The highest BCUT2D eigenvalue weighted by atomic mass is 16.5. The Morgan fingerprint density at radius 3 is 1.57 bits per heavy atom. The summed E-state index contributed by atoms with van der Waals surface area (Å²) in [6.07, 6.45) is 0. The molecule has 6 nitrogen and oxygen atoms in total. The van der Waals surface area contributed by atoms with Crippen LogP contribution in [0.15, 0.2) is 36.4 Å². The summed E-state index contributed by atoms with van der Waals surface area (Å²) in [5, 5.41) is 0. The molecule has 0 atom stereocenters. The molecule has 1 heterocycles. The minimum Gasteiger partial charge on any atom is -0.497 e. The quantitative estimate of drug-likeness (QED) is 0.679. The number of nitrogens with one attached hydrogen (secondary N) is 2. The maximum Gasteiger partial charge on any atom is 0.203 e. The second-order valence-corrected chi connectivity index (χ2v) is 7.24. The topological polar surface area (TPSA) is 45.8 Å². The average Bonchev–Trinajstić information content (AvgIpc) is 2.75. The number of hydrogen-bond donors (Lipinski definition) is 2. The first kappa shape index (κ1) is 20.3. The summed E-state index contributed by atoms with van der Waals surface area (Å²) in [5.41, 5.74) is 2.58. The molecular formula is C22H32N2O4+2. The van der Waals surface area contributed by atoms with Crippen LogP contribution in [-0.4, -0.2) is 54.6 Å². The molecule has 0 unspecified atom stereocenters. The zero-order valence-corrected chi connectivity index (χ0v) is 17.3. The Morgan fingerprint density at radius 2 is 1.14 bits per heavy atom. The van der Waals surface area contributed by atoms with Crippen LogP contribution in [0.4, 0.5) is 0 Å². The third kappa shape index (κ3) is 4.88. The van der Waals surface area contributed by atoms with E-state index >= 15 is 0 Å². The lowest BCUT2D eigenvalue weighted by Crippen LogP contribution is -3.27. The highest BCUT2D eigenvalue weighted by Crippen LogP contribution is 2.37. The smallest absolute Gasteiger partial charge is 0.203 e. The number of hydrogen-bond acceptors (Lipinski definition) is 4. The van der Waals surface area contributed by atoms with Crippen LogP contribution in [0.1, 0.15) is 11.1 Å². The lowest BCUT2D eigenvalue weighted by atomic mass is 10.1. The predicted octanol–water partition coefficient (Wildman–Crippen LogP) is 0.205. The lowest BCUT2D eigenvalue weighted by Gasteiger charge is -2.30. The van der Waals surface area contributed by atoms with Gasteiger partial charge < -0.3 is 28.7 Å². The van der Waals surface area contributed by atoms with Crippen LogP contribution in [0, 0.1) is 0 Å². The van der Waals surface area contributed by atoms with E-state index < -0.39 is 0 Å². The molecule has 2 aromatic rings. The molecule has 2 aromatic carbocycles. The van der Waals surface area contributed by atoms with Crippen LogP contribution < -0.4 is 28.7 Å². The molecule has 3 rings (SSSR count). The molecule has 0 aliphatic carbocycles. The molecule has 28 heavy (non-hydrogen) atoms. The van der Waals surface area contributed by atoms with Crippen LogP contribution in [0.3, 0.4) is 0 Å². The van der Waals surface area contributed by atoms with Crippen LogP contribution in [0.25, 0.3) is 0 Å². The fourth-order valence-corrected chi connectivity index (χ4v) is 3.87. The molecular weight excluding hydrogens is 356 g/mol. The van der Waals surface area contributed by atoms with Crippen molar-refractivity contribution in [2.75, 3.05) is 54.6 Å². The Labute approximate surface area is 167 Å². The number of quaternary nitrogens is 2. The molecule has 0 spiro atoms. The normalized spacial score (nSPS) is 19.1. The van der Waals surface area contributed by atoms with Gasteiger partial charge >= 0.3 is 0 Å². The van der Waals surface area contributed by atoms with Gasteiger partial charge in [0.25, 0.3) is 0 Å². The Kier molecular flexibility index (Phi) is 7.01. The monoisotopic (exact) mass is 388 g/mol. The number of ether oxygens (including phenoxy) is 4. The largest absolute Gasteiger partial charge is 0.497 e. The molecule has 1 fully saturated rings. The van der Waals surface area contributed by atoms with Gasteiger partial charge in [-0.1, -0.05) is 0 Å². The van der Waals surface area contributed by atoms with Crippen molar-refractivity contribution in [3.05, 3.63) is 47.5 Å². The molecule has 2 N–H and O–H groups in total. The van der Waals surface area contributed by atoms with Gasteiger partial charge in [-0.05, 0) is 36.4 Å². The molecule has 0 saturated carbocycles. The van der Waals surface area contributed by atoms with E-state index in [1.807, 2.05) is 12.1 Å². The average molecular weight is 389 g/mol. The molecule has 1 aliphatic rings. The summed E-state index contributed by atoms with van der Waals surface area (Å²) < 4.78 is 21.6. The van der Waals surface area contributed by atoms with E-state index in [-0.39, 0.29) is 0 Å². The Hall–Kier alpha value is -2.44. The van der Waals surface area contributed by atoms with Crippen molar-refractivity contribution in [2.45, 2.75) is 13.1 Å². The molecule has 1 aliphatic heterocycles. The Bertz CT molecular complexity index is 731. The van der Waals surface area contributed by atoms with Crippen molar-refractivity contribution < 1.29 is 28.7 Å². The van der Waals surface area contributed by atoms with Crippen LogP contribution in [-0.2, 0) is 13.1 Å². The zero-order valence-electron chi connectivity index (χ0n) is 17.3. The lowest BCUT2D eigenvalue weighted by molar-refractivity contribution is -1.02. The summed E-state index contributed by atoms with van der Waals surface area (Å²) in [6, 6.07) is 12.5. The first-order valence-electron chi connectivity index (χ1n) is 9.75. The van der Waals surface area contributed by atoms with Crippen LogP contribution >= 0.6 is 0 Å². The second kappa shape index (κ2) is 9.66. The maximum atomic E-state index is 5.48. The summed E-state index contributed by atoms with van der Waals surface area (Å²) >= 11 is 0. The molecule has 0 radical (unpaired) electrons. The van der Waals surface area contributed by atoms with Gasteiger partial charge in [0.05, 0.1) is 28.4 Å². The number of piperazine rings is 1. The Morgan fingerprint density at radius 1 is 0.643 bits per heavy atom. The van der Waals surface area contributed by atoms with Gasteiger partial charge in [-0.15, -0.1) is 0 Å². The van der Waals surface area contributed by atoms with Crippen molar-refractivity contribution in [3.63, 3.8) is 0 Å². The van der Waals surface area contributed by atoms with Gasteiger partial charge in [-0.25, -0.2) is 0 Å². The van der Waals surface area contributed by atoms with Gasteiger partial charge in [0.2, 0.25) is 5.75 Å². The van der Waals surface area contributed by atoms with E-state index in [9.17, 15) is 0 Å². The third-order valence-electron chi connectivity index (χ3n) is 5.46. The molecule has 0 amide bonds. The summed E-state index contributed by atoms with van der Waals surface area (Å²) in [7, 11) is 6.66. The van der Waals surface area contributed by atoms with Crippen molar-refractivity contribution in [3.8, 4) is 23.0 Å². The van der Waals surface area contributed by atoms with Gasteiger partial charge in [0.1, 0.15) is 45.0 Å². The summed E-state index contributed by atoms with van der Waals surface area (Å²) in [4.78, 5) is 3.23. The van der Waals surface area contributed by atoms with E-state index in [0.29, 0.717) is 5.75 Å². The first-order chi connectivity index (χ1) is 13.7. The number of rotatable bonds is 8. The van der Waals surface area contributed by atoms with E-state index in [1.165, 1.54) is 24.2 Å². The molecule has 152 valence electrons. The minimum absolute atomic E-state index is 0.650. The standard InChI is InChI=1S/C22H30N2O4/c1-25-19-7-5-17(6-8-19)15-23-9-11-24(12-10-23)16-18-13-20(26-2)22(28-4)21(14-18)27-3/h5-8,13-14H,9-12,15-16H2,1-4H3/p+2. The van der Waals surface area contributed by atoms with Gasteiger partial charge in [-0.3, -0.25) is 0 Å². The summed E-state index contributed by atoms with van der Waals surface area (Å²) in [6.45, 7) is 6.69. The Balaban J connectivity index is 1.56. The fourth-order valence-electron chi connectivity index (χ4n) is 3.87. The number of methoxy groups -OCH3 is 4. The van der Waals surface area contributed by atoms with E-state index in [2.05, 4.69) is 24.3 Å². The molecule has 6 heteroatoms. The molecule has 0 aromatic heterocycles. The maximum absolute atomic E-state index is 5.48. The SMILES string of the molecule is COc1ccc(C[NH+]2CC[NH+](Cc3cc(OC)c(OC)c(OC)c3)CC2)cc1. The highest BCUT2D eigenvalue weighted by molar-refractivity contribution is 5.53. The second-order valence-electron chi connectivity index (χ2n) is 7.24. The van der Waals surface area contributed by atoms with Crippen molar-refractivity contribution in [1.29, 1.82) is 0 Å². The minimum atomic E-state index is 0.650. The number of benzene rings is 2. The van der Waals surface area contributed by atoms with Gasteiger partial charge in [-0.2, -0.15) is 0 Å². The first-order valence-corrected chi connectivity index (χ1v) is 9.75. The van der Waals surface area contributed by atoms with E-state index in [4.69, 9.17) is 18.9 Å². The zero-order chi connectivity index (χ0) is 19.9. The van der Waals surface area contributed by atoms with Crippen molar-refractivity contribution in [1.82, 2.24) is 0 Å².